The van der Waals surface area contributed by atoms with Gasteiger partial charge in [-0.25, -0.2) is 8.42 Å². The molecule has 3 heterocycles. The molecule has 0 radical (unpaired) electrons. The smallest absolute Gasteiger partial charge is 0.276 e. The number of sulfonamides is 1. The van der Waals surface area contributed by atoms with E-state index in [0.717, 1.165) is 11.3 Å². The second-order valence-corrected chi connectivity index (χ2v) is 8.22. The summed E-state index contributed by atoms with van der Waals surface area (Å²) in [5, 5.41) is 12.9. The van der Waals surface area contributed by atoms with Gasteiger partial charge in [0.25, 0.3) is 10.0 Å². The monoisotopic (exact) mass is 369 g/mol. The van der Waals surface area contributed by atoms with Crippen LogP contribution in [0.5, 0.6) is 0 Å². The minimum Gasteiger partial charge on any atom is -0.440 e. The lowest BCUT2D eigenvalue weighted by Crippen LogP contribution is -2.53. The van der Waals surface area contributed by atoms with E-state index in [-0.39, 0.29) is 17.7 Å². The van der Waals surface area contributed by atoms with Crippen LogP contribution in [0.4, 0.5) is 0 Å². The van der Waals surface area contributed by atoms with Crippen molar-refractivity contribution >= 4 is 10.0 Å². The van der Waals surface area contributed by atoms with E-state index in [0.29, 0.717) is 37.6 Å². The number of aliphatic hydroxyl groups excluding tert-OH is 1. The highest BCUT2D eigenvalue weighted by atomic mass is 32.2. The molecule has 1 aliphatic rings. The summed E-state index contributed by atoms with van der Waals surface area (Å²) in [6.45, 7) is 5.01. The molecule has 1 N–H and O–H groups in total. The zero-order valence-corrected chi connectivity index (χ0v) is 15.4. The lowest BCUT2D eigenvalue weighted by Gasteiger charge is -2.38. The Hall–Kier alpha value is -1.68. The molecule has 25 heavy (non-hydrogen) atoms. The minimum atomic E-state index is -3.73. The summed E-state index contributed by atoms with van der Waals surface area (Å²) in [5.41, 5.74) is 1.56. The topological polar surface area (TPSA) is 100 Å². The molecule has 0 amide bonds. The third kappa shape index (κ3) is 3.37. The molecule has 0 aromatic carbocycles. The summed E-state index contributed by atoms with van der Waals surface area (Å²) in [4.78, 5) is 2.07. The third-order valence-corrected chi connectivity index (χ3v) is 6.50. The molecule has 1 fully saturated rings. The summed E-state index contributed by atoms with van der Waals surface area (Å²) in [6.07, 6.45) is 0.530. The first-order valence-electron chi connectivity index (χ1n) is 8.19. The van der Waals surface area contributed by atoms with Gasteiger partial charge in [0.1, 0.15) is 0 Å². The Labute approximate surface area is 147 Å². The highest BCUT2D eigenvalue weighted by Crippen LogP contribution is 2.30. The second kappa shape index (κ2) is 6.91. The molecular weight excluding hydrogens is 346 g/mol. The maximum Gasteiger partial charge on any atom is 0.276 e. The van der Waals surface area contributed by atoms with E-state index in [4.69, 9.17) is 8.94 Å². The first-order valence-corrected chi connectivity index (χ1v) is 9.63. The minimum absolute atomic E-state index is 0.0119. The van der Waals surface area contributed by atoms with E-state index in [1.165, 1.54) is 10.4 Å². The maximum absolute atomic E-state index is 12.9. The van der Waals surface area contributed by atoms with Crippen LogP contribution in [0.3, 0.4) is 0 Å². The van der Waals surface area contributed by atoms with Gasteiger partial charge in [-0.05, 0) is 39.4 Å². The van der Waals surface area contributed by atoms with Crippen LogP contribution in [-0.4, -0.2) is 67.2 Å². The molecule has 138 valence electrons. The van der Waals surface area contributed by atoms with Crippen LogP contribution in [0.2, 0.25) is 0 Å². The van der Waals surface area contributed by atoms with Crippen molar-refractivity contribution < 1.29 is 22.5 Å². The van der Waals surface area contributed by atoms with E-state index in [9.17, 15) is 13.5 Å². The molecule has 2 aromatic rings. The average molecular weight is 369 g/mol. The van der Waals surface area contributed by atoms with Gasteiger partial charge in [0.15, 0.2) is 5.76 Å². The second-order valence-electron chi connectivity index (χ2n) is 6.35. The van der Waals surface area contributed by atoms with Crippen molar-refractivity contribution in [3.63, 3.8) is 0 Å². The Morgan fingerprint density at radius 1 is 1.32 bits per heavy atom. The van der Waals surface area contributed by atoms with Gasteiger partial charge in [-0.2, -0.15) is 4.31 Å². The van der Waals surface area contributed by atoms with Crippen molar-refractivity contribution in [2.75, 3.05) is 33.3 Å². The Kier molecular flexibility index (Phi) is 5.01. The van der Waals surface area contributed by atoms with Gasteiger partial charge in [-0.1, -0.05) is 5.16 Å². The van der Waals surface area contributed by atoms with Crippen LogP contribution in [-0.2, 0) is 10.0 Å². The van der Waals surface area contributed by atoms with Crippen LogP contribution in [0.15, 0.2) is 26.2 Å². The fraction of sp³-hybridized carbons (Fsp3) is 0.562. The van der Waals surface area contributed by atoms with Gasteiger partial charge < -0.3 is 18.9 Å². The van der Waals surface area contributed by atoms with E-state index in [2.05, 4.69) is 10.1 Å². The maximum atomic E-state index is 12.9. The first kappa shape index (κ1) is 18.1. The molecule has 9 heteroatoms. The number of aromatic nitrogens is 1. The van der Waals surface area contributed by atoms with E-state index in [1.807, 2.05) is 20.9 Å². The number of aryl methyl sites for hydroxylation is 1. The molecule has 1 saturated heterocycles. The van der Waals surface area contributed by atoms with Gasteiger partial charge in [-0.15, -0.1) is 0 Å². The molecule has 3 rings (SSSR count). The summed E-state index contributed by atoms with van der Waals surface area (Å²) in [5.74, 6) is 0.785. The number of hydrogen-bond donors (Lipinski definition) is 1. The summed E-state index contributed by atoms with van der Waals surface area (Å²) >= 11 is 0. The van der Waals surface area contributed by atoms with Crippen molar-refractivity contribution in [1.82, 2.24) is 14.4 Å². The summed E-state index contributed by atoms with van der Waals surface area (Å²) in [7, 11) is -1.80. The van der Waals surface area contributed by atoms with Gasteiger partial charge in [0, 0.05) is 37.8 Å². The van der Waals surface area contributed by atoms with E-state index in [1.54, 1.807) is 6.07 Å². The molecule has 0 bridgehead atoms. The van der Waals surface area contributed by atoms with Crippen molar-refractivity contribution in [3.05, 3.63) is 23.4 Å². The van der Waals surface area contributed by atoms with Crippen molar-refractivity contribution in [2.45, 2.75) is 31.4 Å². The number of aliphatic hydroxyl groups is 1. The third-order valence-electron chi connectivity index (χ3n) is 4.76. The predicted molar refractivity (Wildman–Crippen MR) is 90.6 cm³/mol. The van der Waals surface area contributed by atoms with E-state index >= 15 is 0 Å². The lowest BCUT2D eigenvalue weighted by atomic mass is 10.1. The largest absolute Gasteiger partial charge is 0.440 e. The van der Waals surface area contributed by atoms with Gasteiger partial charge in [0.2, 0.25) is 10.9 Å². The molecular formula is C16H23N3O5S. The average Bonchev–Trinajstić information content (AvgIpc) is 3.18. The van der Waals surface area contributed by atoms with Crippen molar-refractivity contribution in [1.29, 1.82) is 0 Å². The van der Waals surface area contributed by atoms with Crippen molar-refractivity contribution in [2.24, 2.45) is 0 Å². The standard InChI is InChI=1S/C16H23N3O5S/c1-11-12(2)17-24-16(11)14-4-5-15(23-14)25(21,22)19-8-7-18(3)13(10-19)6-9-20/h4-5,13,20H,6-10H2,1-3H3. The lowest BCUT2D eigenvalue weighted by molar-refractivity contribution is 0.119. The number of furan rings is 1. The first-order chi connectivity index (χ1) is 11.8. The van der Waals surface area contributed by atoms with Crippen LogP contribution in [0.25, 0.3) is 11.5 Å². The SMILES string of the molecule is Cc1noc(-c2ccc(S(=O)(=O)N3CCN(C)C(CCO)C3)o2)c1C. The quantitative estimate of drug-likeness (QED) is 0.846. The molecule has 2 aromatic heterocycles. The zero-order valence-electron chi connectivity index (χ0n) is 14.6. The highest BCUT2D eigenvalue weighted by molar-refractivity contribution is 7.89. The molecule has 8 nitrogen and oxygen atoms in total. The van der Waals surface area contributed by atoms with Gasteiger partial charge in [0.05, 0.1) is 5.69 Å². The van der Waals surface area contributed by atoms with Crippen LogP contribution in [0.1, 0.15) is 17.7 Å². The predicted octanol–water partition coefficient (Wildman–Crippen LogP) is 1.24. The van der Waals surface area contributed by atoms with Gasteiger partial charge >= 0.3 is 0 Å². The molecule has 1 atom stereocenters. The number of piperazine rings is 1. The Morgan fingerprint density at radius 2 is 2.08 bits per heavy atom. The van der Waals surface area contributed by atoms with Gasteiger partial charge in [-0.3, -0.25) is 0 Å². The number of likely N-dealkylation sites (N-methyl/N-ethyl adjacent to an activating group) is 1. The number of hydrogen-bond acceptors (Lipinski definition) is 7. The molecule has 1 unspecified atom stereocenters. The summed E-state index contributed by atoms with van der Waals surface area (Å²) in [6, 6.07) is 3.02. The molecule has 0 aliphatic carbocycles. The summed E-state index contributed by atoms with van der Waals surface area (Å²) < 4.78 is 38.0. The molecule has 0 saturated carbocycles. The number of rotatable bonds is 5. The Morgan fingerprint density at radius 3 is 2.72 bits per heavy atom. The fourth-order valence-corrected chi connectivity index (χ4v) is 4.33. The normalized spacial score (nSPS) is 20.2. The fourth-order valence-electron chi connectivity index (χ4n) is 2.95. The molecule has 1 aliphatic heterocycles. The Bertz CT molecular complexity index is 842. The van der Waals surface area contributed by atoms with E-state index < -0.39 is 10.0 Å². The van der Waals surface area contributed by atoms with Crippen LogP contribution >= 0.6 is 0 Å². The van der Waals surface area contributed by atoms with Crippen LogP contribution < -0.4 is 0 Å². The highest BCUT2D eigenvalue weighted by Gasteiger charge is 2.34. The number of nitrogens with zero attached hydrogens (tertiary/aromatic N) is 3. The molecule has 0 spiro atoms. The van der Waals surface area contributed by atoms with Crippen molar-refractivity contribution in [3.8, 4) is 11.5 Å². The Balaban J connectivity index is 1.85. The zero-order chi connectivity index (χ0) is 18.2. The van der Waals surface area contributed by atoms with Crippen LogP contribution in [0, 0.1) is 13.8 Å².